The van der Waals surface area contributed by atoms with E-state index >= 15 is 0 Å². The Hall–Kier alpha value is -2.68. The van der Waals surface area contributed by atoms with Crippen molar-refractivity contribution < 1.29 is 5.11 Å². The largest absolute Gasteiger partial charge is 0.493 e. The van der Waals surface area contributed by atoms with Gasteiger partial charge in [-0.05, 0) is 43.4 Å². The first-order chi connectivity index (χ1) is 11.6. The van der Waals surface area contributed by atoms with Crippen LogP contribution in [0.1, 0.15) is 35.2 Å². The van der Waals surface area contributed by atoms with E-state index in [4.69, 9.17) is 4.98 Å². The summed E-state index contributed by atoms with van der Waals surface area (Å²) in [4.78, 5) is 9.17. The molecule has 2 aromatic carbocycles. The lowest BCUT2D eigenvalue weighted by molar-refractivity contribution is 0.450. The SMILES string of the molecule is Cc1cccc(C)c1-c1nc(O)cc(C2(c3ccccc3)CC2)n1. The van der Waals surface area contributed by atoms with E-state index < -0.39 is 0 Å². The summed E-state index contributed by atoms with van der Waals surface area (Å²) in [7, 11) is 0. The molecule has 1 heterocycles. The van der Waals surface area contributed by atoms with Gasteiger partial charge in [0.15, 0.2) is 5.82 Å². The fraction of sp³-hybridized carbons (Fsp3) is 0.238. The first-order valence-electron chi connectivity index (χ1n) is 8.31. The van der Waals surface area contributed by atoms with Crippen LogP contribution in [0.25, 0.3) is 11.4 Å². The Morgan fingerprint density at radius 3 is 2.17 bits per heavy atom. The molecule has 1 aromatic heterocycles. The molecule has 1 aliphatic rings. The highest BCUT2D eigenvalue weighted by molar-refractivity contribution is 5.65. The monoisotopic (exact) mass is 316 g/mol. The lowest BCUT2D eigenvalue weighted by Crippen LogP contribution is -2.12. The van der Waals surface area contributed by atoms with Crippen LogP contribution in [0, 0.1) is 13.8 Å². The number of benzene rings is 2. The number of rotatable bonds is 3. The molecule has 0 atom stereocenters. The molecule has 1 N–H and O–H groups in total. The van der Waals surface area contributed by atoms with Crippen LogP contribution in [0.2, 0.25) is 0 Å². The third-order valence-corrected chi connectivity index (χ3v) is 4.98. The molecule has 0 spiro atoms. The van der Waals surface area contributed by atoms with Crippen molar-refractivity contribution in [2.75, 3.05) is 0 Å². The maximum atomic E-state index is 10.2. The van der Waals surface area contributed by atoms with Crippen LogP contribution in [0.3, 0.4) is 0 Å². The number of hydrogen-bond acceptors (Lipinski definition) is 3. The van der Waals surface area contributed by atoms with Crippen molar-refractivity contribution in [1.29, 1.82) is 0 Å². The average Bonchev–Trinajstić information content (AvgIpc) is 3.37. The Morgan fingerprint density at radius 1 is 0.875 bits per heavy atom. The third-order valence-electron chi connectivity index (χ3n) is 4.98. The van der Waals surface area contributed by atoms with E-state index in [1.165, 1.54) is 5.56 Å². The maximum Gasteiger partial charge on any atom is 0.214 e. The molecule has 0 unspecified atom stereocenters. The average molecular weight is 316 g/mol. The quantitative estimate of drug-likeness (QED) is 0.771. The summed E-state index contributed by atoms with van der Waals surface area (Å²) in [5.41, 5.74) is 5.35. The molecule has 0 saturated heterocycles. The predicted molar refractivity (Wildman–Crippen MR) is 95.1 cm³/mol. The van der Waals surface area contributed by atoms with Crippen LogP contribution >= 0.6 is 0 Å². The molecule has 24 heavy (non-hydrogen) atoms. The Bertz CT molecular complexity index is 879. The standard InChI is InChI=1S/C21H20N2O/c1-14-7-6-8-15(2)19(14)20-22-17(13-18(24)23-20)21(11-12-21)16-9-4-3-5-10-16/h3-10,13H,11-12H2,1-2H3,(H,22,23,24). The second-order valence-corrected chi connectivity index (χ2v) is 6.65. The van der Waals surface area contributed by atoms with Gasteiger partial charge >= 0.3 is 0 Å². The molecular formula is C21H20N2O. The van der Waals surface area contributed by atoms with Crippen LogP contribution in [0.5, 0.6) is 5.88 Å². The Kier molecular flexibility index (Phi) is 3.38. The van der Waals surface area contributed by atoms with E-state index in [0.29, 0.717) is 5.82 Å². The number of aryl methyl sites for hydroxylation is 2. The summed E-state index contributed by atoms with van der Waals surface area (Å²) < 4.78 is 0. The number of aromatic hydroxyl groups is 1. The van der Waals surface area contributed by atoms with E-state index in [1.807, 2.05) is 12.1 Å². The molecule has 0 bridgehead atoms. The lowest BCUT2D eigenvalue weighted by Gasteiger charge is -2.17. The molecule has 4 rings (SSSR count). The molecule has 0 amide bonds. The fourth-order valence-corrected chi connectivity index (χ4v) is 3.53. The van der Waals surface area contributed by atoms with Gasteiger partial charge in [0.05, 0.1) is 5.69 Å². The first kappa shape index (κ1) is 14.9. The van der Waals surface area contributed by atoms with Gasteiger partial charge in [-0.15, -0.1) is 0 Å². The summed E-state index contributed by atoms with van der Waals surface area (Å²) in [5.74, 6) is 0.655. The first-order valence-corrected chi connectivity index (χ1v) is 8.31. The Balaban J connectivity index is 1.87. The topological polar surface area (TPSA) is 46.0 Å². The van der Waals surface area contributed by atoms with Gasteiger partial charge in [0.25, 0.3) is 0 Å². The van der Waals surface area contributed by atoms with Crippen LogP contribution in [0.4, 0.5) is 0 Å². The van der Waals surface area contributed by atoms with E-state index in [2.05, 4.69) is 55.2 Å². The van der Waals surface area contributed by atoms with Gasteiger partial charge < -0.3 is 5.11 Å². The molecular weight excluding hydrogens is 296 g/mol. The lowest BCUT2D eigenvalue weighted by atomic mass is 9.92. The minimum Gasteiger partial charge on any atom is -0.493 e. The number of hydrogen-bond donors (Lipinski definition) is 1. The van der Waals surface area contributed by atoms with Crippen LogP contribution in [-0.4, -0.2) is 15.1 Å². The highest BCUT2D eigenvalue weighted by Crippen LogP contribution is 2.53. The van der Waals surface area contributed by atoms with Crippen molar-refractivity contribution in [2.24, 2.45) is 0 Å². The van der Waals surface area contributed by atoms with Crippen molar-refractivity contribution in [1.82, 2.24) is 9.97 Å². The fourth-order valence-electron chi connectivity index (χ4n) is 3.53. The van der Waals surface area contributed by atoms with Crippen molar-refractivity contribution >= 4 is 0 Å². The van der Waals surface area contributed by atoms with Crippen LogP contribution in [0.15, 0.2) is 54.6 Å². The van der Waals surface area contributed by atoms with Gasteiger partial charge in [0.2, 0.25) is 5.88 Å². The molecule has 1 aliphatic carbocycles. The van der Waals surface area contributed by atoms with Crippen LogP contribution < -0.4 is 0 Å². The molecule has 120 valence electrons. The molecule has 1 saturated carbocycles. The number of aromatic nitrogens is 2. The van der Waals surface area contributed by atoms with Gasteiger partial charge in [-0.2, -0.15) is 4.98 Å². The van der Waals surface area contributed by atoms with Gasteiger partial charge in [-0.1, -0.05) is 48.5 Å². The molecule has 0 aliphatic heterocycles. The van der Waals surface area contributed by atoms with Crippen molar-refractivity contribution in [2.45, 2.75) is 32.1 Å². The molecule has 0 radical (unpaired) electrons. The molecule has 1 fully saturated rings. The molecule has 3 nitrogen and oxygen atoms in total. The summed E-state index contributed by atoms with van der Waals surface area (Å²) in [5, 5.41) is 10.2. The van der Waals surface area contributed by atoms with Crippen molar-refractivity contribution in [3.8, 4) is 17.3 Å². The van der Waals surface area contributed by atoms with Crippen molar-refractivity contribution in [3.05, 3.63) is 77.0 Å². The van der Waals surface area contributed by atoms with Gasteiger partial charge in [0, 0.05) is 17.0 Å². The molecule has 3 aromatic rings. The Labute approximate surface area is 142 Å². The minimum atomic E-state index is -0.0764. The highest BCUT2D eigenvalue weighted by atomic mass is 16.3. The normalized spacial score (nSPS) is 15.2. The van der Waals surface area contributed by atoms with Gasteiger partial charge in [-0.25, -0.2) is 4.98 Å². The van der Waals surface area contributed by atoms with E-state index in [-0.39, 0.29) is 11.3 Å². The summed E-state index contributed by atoms with van der Waals surface area (Å²) in [6, 6.07) is 18.3. The zero-order valence-corrected chi connectivity index (χ0v) is 14.0. The van der Waals surface area contributed by atoms with Crippen molar-refractivity contribution in [3.63, 3.8) is 0 Å². The number of nitrogens with zero attached hydrogens (tertiary/aromatic N) is 2. The maximum absolute atomic E-state index is 10.2. The predicted octanol–water partition coefficient (Wildman–Crippen LogP) is 4.55. The Morgan fingerprint density at radius 2 is 1.54 bits per heavy atom. The van der Waals surface area contributed by atoms with E-state index in [1.54, 1.807) is 6.07 Å². The zero-order valence-electron chi connectivity index (χ0n) is 14.0. The third kappa shape index (κ3) is 2.37. The minimum absolute atomic E-state index is 0.0415. The van der Waals surface area contributed by atoms with E-state index in [9.17, 15) is 5.11 Å². The van der Waals surface area contributed by atoms with Crippen LogP contribution in [-0.2, 0) is 5.41 Å². The summed E-state index contributed by atoms with van der Waals surface area (Å²) in [6.45, 7) is 4.11. The zero-order chi connectivity index (χ0) is 16.7. The van der Waals surface area contributed by atoms with Gasteiger partial charge in [0.1, 0.15) is 0 Å². The highest BCUT2D eigenvalue weighted by Gasteiger charge is 2.47. The second-order valence-electron chi connectivity index (χ2n) is 6.65. The molecule has 3 heteroatoms. The summed E-state index contributed by atoms with van der Waals surface area (Å²) in [6.07, 6.45) is 2.11. The van der Waals surface area contributed by atoms with Gasteiger partial charge in [-0.3, -0.25) is 0 Å². The van der Waals surface area contributed by atoms with E-state index in [0.717, 1.165) is 35.2 Å². The second kappa shape index (κ2) is 5.45. The summed E-state index contributed by atoms with van der Waals surface area (Å²) >= 11 is 0. The smallest absolute Gasteiger partial charge is 0.214 e.